The molecule has 35 heavy (non-hydrogen) atoms. The lowest BCUT2D eigenvalue weighted by atomic mass is 9.40. The number of esters is 1. The second-order valence-corrected chi connectivity index (χ2v) is 12.2. The molecule has 0 aromatic carbocycles. The van der Waals surface area contributed by atoms with Crippen LogP contribution >= 0.6 is 0 Å². The fourth-order valence-electron chi connectivity index (χ4n) is 8.88. The largest absolute Gasteiger partial charge is 0.432 e. The number of rotatable bonds is 3. The molecule has 7 unspecified atom stereocenters. The molecule has 9 heteroatoms. The van der Waals surface area contributed by atoms with Crippen LogP contribution in [0.25, 0.3) is 0 Å². The van der Waals surface area contributed by atoms with Gasteiger partial charge in [0.1, 0.15) is 24.4 Å². The smallest absolute Gasteiger partial charge is 0.314 e. The molecule has 0 aromatic heterocycles. The Morgan fingerprint density at radius 3 is 2.51 bits per heavy atom. The predicted molar refractivity (Wildman–Crippen MR) is 121 cm³/mol. The minimum Gasteiger partial charge on any atom is -0.432 e. The quantitative estimate of drug-likeness (QED) is 0.278. The van der Waals surface area contributed by atoms with Crippen LogP contribution in [-0.4, -0.2) is 80.7 Å². The van der Waals surface area contributed by atoms with E-state index in [0.717, 1.165) is 12.8 Å². The summed E-state index contributed by atoms with van der Waals surface area (Å²) in [5.74, 6) is -0.903. The van der Waals surface area contributed by atoms with Gasteiger partial charge in [0.25, 0.3) is 0 Å². The van der Waals surface area contributed by atoms with Crippen LogP contribution in [0.5, 0.6) is 0 Å². The molecular weight excluding hydrogens is 456 g/mol. The number of Topliss-reactive ketones (excluding diaryl/α,β-unsaturated/α-hetero) is 1. The number of ether oxygens (including phenoxy) is 2. The van der Waals surface area contributed by atoms with Crippen LogP contribution < -0.4 is 0 Å². The first-order valence-electron chi connectivity index (χ1n) is 12.8. The van der Waals surface area contributed by atoms with Crippen molar-refractivity contribution in [2.24, 2.45) is 34.0 Å². The van der Waals surface area contributed by atoms with Crippen molar-refractivity contribution in [3.05, 3.63) is 12.2 Å². The molecule has 196 valence electrons. The molecular formula is C26H38O9. The van der Waals surface area contributed by atoms with Crippen LogP contribution in [0, 0.1) is 34.0 Å². The third-order valence-corrected chi connectivity index (χ3v) is 10.5. The molecule has 4 aliphatic carbocycles. The van der Waals surface area contributed by atoms with Gasteiger partial charge in [-0.25, -0.2) is 0 Å². The van der Waals surface area contributed by atoms with E-state index < -0.39 is 65.6 Å². The van der Waals surface area contributed by atoms with Crippen molar-refractivity contribution in [1.82, 2.24) is 0 Å². The van der Waals surface area contributed by atoms with Crippen LogP contribution in [0.1, 0.15) is 58.8 Å². The summed E-state index contributed by atoms with van der Waals surface area (Å²) in [6.07, 6.45) is -3.67. The summed E-state index contributed by atoms with van der Waals surface area (Å²) in [7, 11) is 0. The summed E-state index contributed by atoms with van der Waals surface area (Å²) < 4.78 is 11.0. The molecule has 5 N–H and O–H groups in total. The maximum absolute atomic E-state index is 13.7. The lowest BCUT2D eigenvalue weighted by molar-refractivity contribution is -0.298. The lowest BCUT2D eigenvalue weighted by Gasteiger charge is -2.63. The molecule has 12 atom stereocenters. The molecule has 9 nitrogen and oxygen atoms in total. The van der Waals surface area contributed by atoms with E-state index in [0.29, 0.717) is 37.7 Å². The van der Waals surface area contributed by atoms with Gasteiger partial charge in [0.05, 0.1) is 18.1 Å². The van der Waals surface area contributed by atoms with Gasteiger partial charge >= 0.3 is 5.97 Å². The fraction of sp³-hybridized carbons (Fsp3) is 0.846. The van der Waals surface area contributed by atoms with Crippen molar-refractivity contribution in [2.45, 2.75) is 95.6 Å². The number of hydrogen-bond acceptors (Lipinski definition) is 9. The third kappa shape index (κ3) is 3.35. The minimum atomic E-state index is -1.66. The molecule has 0 radical (unpaired) electrons. The number of aliphatic hydroxyl groups excluding tert-OH is 5. The topological polar surface area (TPSA) is 154 Å². The highest BCUT2D eigenvalue weighted by atomic mass is 16.7. The van der Waals surface area contributed by atoms with E-state index in [2.05, 4.69) is 13.5 Å². The normalized spacial score (nSPS) is 53.6. The number of aliphatic hydroxyl groups is 5. The van der Waals surface area contributed by atoms with Gasteiger partial charge in [0.2, 0.25) is 6.29 Å². The molecule has 5 rings (SSSR count). The van der Waals surface area contributed by atoms with Gasteiger partial charge in [0, 0.05) is 11.3 Å². The number of allylic oxidation sites excluding steroid dienone is 1. The first kappa shape index (κ1) is 25.3. The van der Waals surface area contributed by atoms with E-state index >= 15 is 0 Å². The monoisotopic (exact) mass is 494 g/mol. The highest BCUT2D eigenvalue weighted by Gasteiger charge is 2.70. The van der Waals surface area contributed by atoms with Gasteiger partial charge in [0.15, 0.2) is 5.78 Å². The van der Waals surface area contributed by atoms with Crippen LogP contribution in [0.3, 0.4) is 0 Å². The van der Waals surface area contributed by atoms with Crippen molar-refractivity contribution in [2.75, 3.05) is 6.61 Å². The van der Waals surface area contributed by atoms with Crippen molar-refractivity contribution in [1.29, 1.82) is 0 Å². The predicted octanol–water partition coefficient (Wildman–Crippen LogP) is 0.448. The van der Waals surface area contributed by atoms with Crippen LogP contribution in [0.15, 0.2) is 12.2 Å². The van der Waals surface area contributed by atoms with Crippen molar-refractivity contribution >= 4 is 11.8 Å². The van der Waals surface area contributed by atoms with E-state index in [1.165, 1.54) is 0 Å². The fourth-order valence-corrected chi connectivity index (χ4v) is 8.88. The molecule has 1 saturated heterocycles. The maximum atomic E-state index is 13.7. The van der Waals surface area contributed by atoms with Gasteiger partial charge in [-0.1, -0.05) is 19.9 Å². The number of carbonyl (C=O) groups excluding carboxylic acids is 2. The molecule has 0 aromatic rings. The van der Waals surface area contributed by atoms with Gasteiger partial charge in [-0.3, -0.25) is 9.59 Å². The first-order chi connectivity index (χ1) is 16.4. The summed E-state index contributed by atoms with van der Waals surface area (Å²) in [6.45, 7) is 7.37. The van der Waals surface area contributed by atoms with Gasteiger partial charge in [-0.15, -0.1) is 0 Å². The van der Waals surface area contributed by atoms with E-state index in [1.54, 1.807) is 0 Å². The average Bonchev–Trinajstić information content (AvgIpc) is 2.99. The number of ketones is 1. The molecule has 1 spiro atoms. The molecule has 5 aliphatic rings. The first-order valence-corrected chi connectivity index (χ1v) is 12.8. The number of carbonyl (C=O) groups is 2. The molecule has 0 amide bonds. The molecule has 5 fully saturated rings. The standard InChI is InChI=1S/C26H38O9/c1-12-13-9-14(28)20-24(2)6-4-7-25(3,16(24)5-8-26(20,10-13)21(12)32)23(33)35-22-19(31)18(30)17(29)15(11-27)34-22/h13-20,22,27-31H,1,4-11H2,2-3H3/t13?,14?,15?,16-,17?,18?,19?,20-,22?,24+,25+,26+/m0/s1. The van der Waals surface area contributed by atoms with Gasteiger partial charge < -0.3 is 35.0 Å². The highest BCUT2D eigenvalue weighted by Crippen LogP contribution is 2.71. The third-order valence-electron chi connectivity index (χ3n) is 10.5. The Kier molecular flexibility index (Phi) is 6.02. The summed E-state index contributed by atoms with van der Waals surface area (Å²) in [5, 5.41) is 51.3. The maximum Gasteiger partial charge on any atom is 0.314 e. The molecule has 1 heterocycles. The Morgan fingerprint density at radius 2 is 1.83 bits per heavy atom. The van der Waals surface area contributed by atoms with E-state index in [1.807, 2.05) is 6.92 Å². The highest BCUT2D eigenvalue weighted by molar-refractivity contribution is 6.03. The zero-order chi connectivity index (χ0) is 25.5. The lowest BCUT2D eigenvalue weighted by Crippen LogP contribution is -2.64. The van der Waals surface area contributed by atoms with E-state index in [-0.39, 0.29) is 23.5 Å². The molecule has 2 bridgehead atoms. The Morgan fingerprint density at radius 1 is 1.11 bits per heavy atom. The average molecular weight is 495 g/mol. The van der Waals surface area contributed by atoms with E-state index in [9.17, 15) is 35.1 Å². The summed E-state index contributed by atoms with van der Waals surface area (Å²) >= 11 is 0. The second-order valence-electron chi connectivity index (χ2n) is 12.2. The van der Waals surface area contributed by atoms with Crippen molar-refractivity contribution in [3.63, 3.8) is 0 Å². The van der Waals surface area contributed by atoms with E-state index in [4.69, 9.17) is 9.47 Å². The minimum absolute atomic E-state index is 0.0278. The van der Waals surface area contributed by atoms with Crippen molar-refractivity contribution < 1.29 is 44.6 Å². The van der Waals surface area contributed by atoms with Crippen molar-refractivity contribution in [3.8, 4) is 0 Å². The summed E-state index contributed by atoms with van der Waals surface area (Å²) in [6, 6.07) is 0. The van der Waals surface area contributed by atoms with Crippen LogP contribution in [0.4, 0.5) is 0 Å². The molecule has 4 saturated carbocycles. The number of fused-ring (bicyclic) bond motifs is 3. The van der Waals surface area contributed by atoms with Gasteiger partial charge in [-0.05, 0) is 68.3 Å². The summed E-state index contributed by atoms with van der Waals surface area (Å²) in [4.78, 5) is 27.1. The second kappa shape index (κ2) is 8.33. The van der Waals surface area contributed by atoms with Crippen LogP contribution in [-0.2, 0) is 19.1 Å². The SMILES string of the molecule is C=C1C(=O)[C@@]23CC[C@H]4[C@@](C)(CCC[C@@]4(C)C(=O)OC4OC(CO)C(O)C(O)C4O)[C@@H]2C(O)CC1C3. The Bertz CT molecular complexity index is 918. The number of hydrogen-bond donors (Lipinski definition) is 5. The zero-order valence-corrected chi connectivity index (χ0v) is 20.4. The Hall–Kier alpha value is -1.36. The van der Waals surface area contributed by atoms with Crippen LogP contribution in [0.2, 0.25) is 0 Å². The summed E-state index contributed by atoms with van der Waals surface area (Å²) in [5.41, 5.74) is -1.41. The Labute approximate surface area is 205 Å². The zero-order valence-electron chi connectivity index (χ0n) is 20.4. The molecule has 1 aliphatic heterocycles. The van der Waals surface area contributed by atoms with Gasteiger partial charge in [-0.2, -0.15) is 0 Å². The Balaban J connectivity index is 1.43.